The standard InChI is InChI=1S/C35H59NO12S/c1-18(20(3)31(42)36-12-13-49(44,45)46)6-7-19(2)22-15-24(37)30-34(22,5)11-9-27-33(4)10-8-21(14-23(33)25(38)16-35(27,30)43)48-32-29(41)28(40)26(39)17-47-32/h6-7,18-30,32,37-41,43H,8-17H2,1-5H3,(H,36,42)(H,44,45,46)/b7-6+/t18-,19-,20+,21+,22-,23?,24?,25+,26-,27?,28?,29?,30?,32+,33+,34-,35+/m1/s1. The number of hydrogen-bond acceptors (Lipinski definition) is 11. The van der Waals surface area contributed by atoms with Gasteiger partial charge in [0.2, 0.25) is 5.91 Å². The number of aliphatic hydroxyl groups excluding tert-OH is 5. The molecule has 0 spiro atoms. The molecule has 14 heteroatoms. The molecule has 0 aromatic heterocycles. The van der Waals surface area contributed by atoms with Crippen molar-refractivity contribution in [2.24, 2.45) is 52.3 Å². The summed E-state index contributed by atoms with van der Waals surface area (Å²) >= 11 is 0. The minimum atomic E-state index is -4.16. The van der Waals surface area contributed by atoms with Gasteiger partial charge in [-0.25, -0.2) is 0 Å². The first-order valence-corrected chi connectivity index (χ1v) is 19.6. The molecule has 5 aliphatic rings. The van der Waals surface area contributed by atoms with Crippen molar-refractivity contribution in [3.63, 3.8) is 0 Å². The Kier molecular flexibility index (Phi) is 11.4. The smallest absolute Gasteiger partial charge is 0.266 e. The first kappa shape index (κ1) is 39.0. The van der Waals surface area contributed by atoms with E-state index in [9.17, 15) is 43.9 Å². The molecule has 1 amide bonds. The molecule has 1 saturated heterocycles. The van der Waals surface area contributed by atoms with Crippen LogP contribution in [0.25, 0.3) is 0 Å². The SMILES string of the molecule is C[C@H](/C=C/[C@@H](C)[C@H]1CC(O)C2[C@]3(O)C[C@H](O)C4C[C@@H](O[C@@H]5OC[C@@H](O)C(O)C5O)CC[C@]4(C)C3CC[C@@]21C)[C@H](C)C(=O)NCCS(=O)(=O)O. The number of carbonyl (C=O) groups excluding carboxylic acids is 1. The molecule has 282 valence electrons. The van der Waals surface area contributed by atoms with Gasteiger partial charge in [-0.3, -0.25) is 9.35 Å². The number of fused-ring (bicyclic) bond motifs is 5. The van der Waals surface area contributed by atoms with Crippen LogP contribution < -0.4 is 5.32 Å². The second-order valence-corrected chi connectivity index (χ2v) is 18.2. The van der Waals surface area contributed by atoms with Crippen LogP contribution in [0.5, 0.6) is 0 Å². The highest BCUT2D eigenvalue weighted by atomic mass is 32.2. The maximum atomic E-state index is 12.7. The summed E-state index contributed by atoms with van der Waals surface area (Å²) in [5, 5.41) is 68.9. The van der Waals surface area contributed by atoms with Gasteiger partial charge in [0.05, 0.1) is 36.3 Å². The lowest BCUT2D eigenvalue weighted by Crippen LogP contribution is -2.68. The second kappa shape index (κ2) is 14.3. The summed E-state index contributed by atoms with van der Waals surface area (Å²) < 4.78 is 42.5. The largest absolute Gasteiger partial charge is 0.393 e. The molecule has 5 rings (SSSR count). The van der Waals surface area contributed by atoms with Gasteiger partial charge in [0.1, 0.15) is 18.3 Å². The van der Waals surface area contributed by atoms with E-state index in [-0.39, 0.29) is 66.6 Å². The Hall–Kier alpha value is -1.20. The molecular formula is C35H59NO12S. The van der Waals surface area contributed by atoms with Crippen LogP contribution in [-0.4, -0.2) is 117 Å². The normalized spacial score (nSPS) is 47.5. The van der Waals surface area contributed by atoms with Crippen molar-refractivity contribution in [1.29, 1.82) is 0 Å². The summed E-state index contributed by atoms with van der Waals surface area (Å²) in [6, 6.07) is 0. The van der Waals surface area contributed by atoms with E-state index in [1.807, 2.05) is 13.0 Å². The Bertz CT molecular complexity index is 1330. The summed E-state index contributed by atoms with van der Waals surface area (Å²) in [6.07, 6.45) is 1.12. The van der Waals surface area contributed by atoms with E-state index in [1.54, 1.807) is 6.92 Å². The molecule has 0 aromatic rings. The first-order chi connectivity index (χ1) is 22.7. The van der Waals surface area contributed by atoms with E-state index in [1.165, 1.54) is 0 Å². The molecule has 8 N–H and O–H groups in total. The van der Waals surface area contributed by atoms with Gasteiger partial charge in [0, 0.05) is 24.8 Å². The molecule has 1 heterocycles. The zero-order valence-corrected chi connectivity index (χ0v) is 30.2. The zero-order chi connectivity index (χ0) is 36.3. The maximum Gasteiger partial charge on any atom is 0.266 e. The van der Waals surface area contributed by atoms with Crippen molar-refractivity contribution < 1.29 is 57.9 Å². The summed E-state index contributed by atoms with van der Waals surface area (Å²) in [6.45, 7) is 9.77. The average Bonchev–Trinajstić information content (AvgIpc) is 3.30. The summed E-state index contributed by atoms with van der Waals surface area (Å²) in [5.74, 6) is -2.10. The van der Waals surface area contributed by atoms with Gasteiger partial charge < -0.3 is 45.4 Å². The highest BCUT2D eigenvalue weighted by molar-refractivity contribution is 7.85. The van der Waals surface area contributed by atoms with E-state index >= 15 is 0 Å². The first-order valence-electron chi connectivity index (χ1n) is 18.0. The summed E-state index contributed by atoms with van der Waals surface area (Å²) in [4.78, 5) is 12.6. The maximum absolute atomic E-state index is 12.7. The Balaban J connectivity index is 1.25. The third-order valence-corrected chi connectivity index (χ3v) is 14.4. The van der Waals surface area contributed by atoms with Crippen LogP contribution in [0.3, 0.4) is 0 Å². The third kappa shape index (κ3) is 7.38. The van der Waals surface area contributed by atoms with Crippen molar-refractivity contribution in [3.05, 3.63) is 12.2 Å². The number of aliphatic hydroxyl groups is 6. The molecule has 49 heavy (non-hydrogen) atoms. The van der Waals surface area contributed by atoms with Gasteiger partial charge in [-0.05, 0) is 78.9 Å². The van der Waals surface area contributed by atoms with Crippen molar-refractivity contribution >= 4 is 16.0 Å². The average molecular weight is 718 g/mol. The Morgan fingerprint density at radius 1 is 0.959 bits per heavy atom. The minimum absolute atomic E-state index is 0.0310. The Morgan fingerprint density at radius 3 is 2.31 bits per heavy atom. The number of amides is 1. The lowest BCUT2D eigenvalue weighted by atomic mass is 9.42. The van der Waals surface area contributed by atoms with Gasteiger partial charge in [-0.15, -0.1) is 0 Å². The number of ether oxygens (including phenoxy) is 2. The number of hydrogen-bond donors (Lipinski definition) is 8. The molecule has 4 aliphatic carbocycles. The van der Waals surface area contributed by atoms with Crippen LogP contribution >= 0.6 is 0 Å². The van der Waals surface area contributed by atoms with Gasteiger partial charge in [-0.1, -0.05) is 46.8 Å². The van der Waals surface area contributed by atoms with E-state index < -0.39 is 75.5 Å². The molecule has 0 bridgehead atoms. The highest BCUT2D eigenvalue weighted by Crippen LogP contribution is 2.69. The molecular weight excluding hydrogens is 658 g/mol. The van der Waals surface area contributed by atoms with Crippen LogP contribution in [0.15, 0.2) is 12.2 Å². The van der Waals surface area contributed by atoms with Crippen LogP contribution in [-0.2, 0) is 24.4 Å². The molecule has 6 unspecified atom stereocenters. The molecule has 13 nitrogen and oxygen atoms in total. The number of allylic oxidation sites excluding steroid dienone is 2. The number of rotatable bonds is 10. The van der Waals surface area contributed by atoms with E-state index in [4.69, 9.17) is 14.0 Å². The van der Waals surface area contributed by atoms with Crippen LogP contribution in [0.2, 0.25) is 0 Å². The molecule has 0 radical (unpaired) electrons. The second-order valence-electron chi connectivity index (χ2n) is 16.6. The zero-order valence-electron chi connectivity index (χ0n) is 29.4. The summed E-state index contributed by atoms with van der Waals surface area (Å²) in [5.41, 5.74) is -2.07. The monoisotopic (exact) mass is 717 g/mol. The van der Waals surface area contributed by atoms with E-state index in [0.29, 0.717) is 25.7 Å². The topological polar surface area (TPSA) is 223 Å². The molecule has 5 fully saturated rings. The van der Waals surface area contributed by atoms with Crippen molar-refractivity contribution in [1.82, 2.24) is 5.32 Å². The van der Waals surface area contributed by atoms with Crippen LogP contribution in [0.1, 0.15) is 79.6 Å². The van der Waals surface area contributed by atoms with Crippen LogP contribution in [0.4, 0.5) is 0 Å². The fourth-order valence-electron chi connectivity index (χ4n) is 10.9. The number of carbonyl (C=O) groups is 1. The summed E-state index contributed by atoms with van der Waals surface area (Å²) in [7, 11) is -4.16. The van der Waals surface area contributed by atoms with E-state index in [0.717, 1.165) is 12.8 Å². The molecule has 0 aromatic carbocycles. The van der Waals surface area contributed by atoms with Gasteiger partial charge in [-0.2, -0.15) is 8.42 Å². The Labute approximate surface area is 290 Å². The predicted molar refractivity (Wildman–Crippen MR) is 178 cm³/mol. The fourth-order valence-corrected chi connectivity index (χ4v) is 11.2. The van der Waals surface area contributed by atoms with Gasteiger partial charge in [0.15, 0.2) is 6.29 Å². The van der Waals surface area contributed by atoms with Crippen molar-refractivity contribution in [2.75, 3.05) is 18.9 Å². The molecule has 4 saturated carbocycles. The number of nitrogens with one attached hydrogen (secondary N) is 1. The quantitative estimate of drug-likeness (QED) is 0.0901. The fraction of sp³-hybridized carbons (Fsp3) is 0.914. The Morgan fingerprint density at radius 2 is 1.63 bits per heavy atom. The van der Waals surface area contributed by atoms with E-state index in [2.05, 4.69) is 32.2 Å². The van der Waals surface area contributed by atoms with Crippen molar-refractivity contribution in [3.8, 4) is 0 Å². The lowest BCUT2D eigenvalue weighted by Gasteiger charge is -2.66. The third-order valence-electron chi connectivity index (χ3n) is 13.7. The predicted octanol–water partition coefficient (Wildman–Crippen LogP) is 0.995. The molecule has 17 atom stereocenters. The van der Waals surface area contributed by atoms with Crippen molar-refractivity contribution in [2.45, 2.75) is 128 Å². The minimum Gasteiger partial charge on any atom is -0.393 e. The van der Waals surface area contributed by atoms with Gasteiger partial charge in [0.25, 0.3) is 10.1 Å². The lowest BCUT2D eigenvalue weighted by molar-refractivity contribution is -0.300. The van der Waals surface area contributed by atoms with Gasteiger partial charge >= 0.3 is 0 Å². The highest BCUT2D eigenvalue weighted by Gasteiger charge is 2.70. The van der Waals surface area contributed by atoms with Crippen LogP contribution in [0, 0.1) is 52.3 Å². The molecule has 1 aliphatic heterocycles.